The molecule has 0 saturated carbocycles. The summed E-state index contributed by atoms with van der Waals surface area (Å²) in [5.41, 5.74) is 2.32. The zero-order valence-electron chi connectivity index (χ0n) is 12.6. The number of halogens is 1. The van der Waals surface area contributed by atoms with E-state index in [1.165, 1.54) is 4.52 Å². The lowest BCUT2D eigenvalue weighted by Gasteiger charge is -1.98. The molecule has 0 aliphatic rings. The lowest BCUT2D eigenvalue weighted by Crippen LogP contribution is -2.24. The maximum atomic E-state index is 12.2. The van der Waals surface area contributed by atoms with Crippen LogP contribution in [0.15, 0.2) is 36.8 Å². The quantitative estimate of drug-likeness (QED) is 0.612. The number of amides is 1. The van der Waals surface area contributed by atoms with Gasteiger partial charge >= 0.3 is 0 Å². The molecule has 1 amide bonds. The van der Waals surface area contributed by atoms with Crippen LogP contribution in [0.2, 0.25) is 5.02 Å². The Balaban J connectivity index is 1.53. The Labute approximate surface area is 141 Å². The number of carbonyl (C=O) groups excluding carboxylic acids is 1. The molecule has 120 valence electrons. The zero-order valence-corrected chi connectivity index (χ0v) is 13.4. The first-order valence-corrected chi connectivity index (χ1v) is 7.58. The number of hydrogen-bond donors (Lipinski definition) is 1. The number of nitrogens with zero attached hydrogens (tertiary/aromatic N) is 6. The molecule has 4 aromatic heterocycles. The van der Waals surface area contributed by atoms with Gasteiger partial charge in [0.25, 0.3) is 11.7 Å². The highest BCUT2D eigenvalue weighted by Gasteiger charge is 2.14. The highest BCUT2D eigenvalue weighted by atomic mass is 35.5. The normalized spacial score (nSPS) is 11.2. The molecule has 0 radical (unpaired) electrons. The van der Waals surface area contributed by atoms with Crippen molar-refractivity contribution in [3.8, 4) is 0 Å². The Hall–Kier alpha value is -3.00. The summed E-state index contributed by atoms with van der Waals surface area (Å²) in [7, 11) is 0. The van der Waals surface area contributed by atoms with Crippen molar-refractivity contribution in [1.82, 2.24) is 34.3 Å². The van der Waals surface area contributed by atoms with Gasteiger partial charge in [-0.05, 0) is 25.1 Å². The molecule has 4 aromatic rings. The molecule has 0 saturated heterocycles. The van der Waals surface area contributed by atoms with Crippen molar-refractivity contribution in [2.75, 3.05) is 0 Å². The first-order chi connectivity index (χ1) is 11.6. The van der Waals surface area contributed by atoms with Crippen LogP contribution in [0.4, 0.5) is 0 Å². The molecule has 4 heterocycles. The highest BCUT2D eigenvalue weighted by molar-refractivity contribution is 6.30. The molecule has 24 heavy (non-hydrogen) atoms. The molecule has 0 aromatic carbocycles. The number of nitrogens with one attached hydrogen (secondary N) is 1. The minimum Gasteiger partial charge on any atom is -0.344 e. The summed E-state index contributed by atoms with van der Waals surface area (Å²) in [6, 6.07) is 5.37. The summed E-state index contributed by atoms with van der Waals surface area (Å²) >= 11 is 5.94. The molecule has 1 N–H and O–H groups in total. The summed E-state index contributed by atoms with van der Waals surface area (Å²) in [5, 5.41) is 7.54. The SMILES string of the molecule is Cc1ccnc2nc(C(=O)NCc3cn4cc(Cl)ccc4n3)nn12. The lowest BCUT2D eigenvalue weighted by atomic mass is 10.4. The van der Waals surface area contributed by atoms with Crippen molar-refractivity contribution in [3.63, 3.8) is 0 Å². The van der Waals surface area contributed by atoms with E-state index in [1.807, 2.05) is 19.2 Å². The van der Waals surface area contributed by atoms with Gasteiger partial charge in [0.05, 0.1) is 17.3 Å². The molecule has 0 unspecified atom stereocenters. The summed E-state index contributed by atoms with van der Waals surface area (Å²) in [6.45, 7) is 2.13. The predicted octanol–water partition coefficient (Wildman–Crippen LogP) is 1.66. The maximum absolute atomic E-state index is 12.2. The number of aromatic nitrogens is 6. The monoisotopic (exact) mass is 341 g/mol. The third-order valence-corrected chi connectivity index (χ3v) is 3.75. The molecule has 8 nitrogen and oxygen atoms in total. The standard InChI is InChI=1S/C15H12ClN7O/c1-9-4-5-17-15-20-13(21-23(9)15)14(24)18-6-11-8-22-7-10(16)2-3-12(22)19-11/h2-5,7-8H,6H2,1H3,(H,18,24). The summed E-state index contributed by atoms with van der Waals surface area (Å²) in [4.78, 5) is 24.9. The highest BCUT2D eigenvalue weighted by Crippen LogP contribution is 2.11. The van der Waals surface area contributed by atoms with Crippen LogP contribution in [0.5, 0.6) is 0 Å². The average Bonchev–Trinajstić information content (AvgIpc) is 3.16. The van der Waals surface area contributed by atoms with Gasteiger partial charge in [-0.2, -0.15) is 4.98 Å². The second kappa shape index (κ2) is 5.57. The number of fused-ring (bicyclic) bond motifs is 2. The van der Waals surface area contributed by atoms with Crippen LogP contribution < -0.4 is 5.32 Å². The molecule has 9 heteroatoms. The van der Waals surface area contributed by atoms with E-state index in [2.05, 4.69) is 25.4 Å². The number of imidazole rings is 1. The number of carbonyl (C=O) groups is 1. The Bertz CT molecular complexity index is 1070. The number of rotatable bonds is 3. The Morgan fingerprint density at radius 1 is 1.25 bits per heavy atom. The van der Waals surface area contributed by atoms with Crippen molar-refractivity contribution in [2.45, 2.75) is 13.5 Å². The smallest absolute Gasteiger partial charge is 0.291 e. The largest absolute Gasteiger partial charge is 0.344 e. The minimum absolute atomic E-state index is 0.0728. The average molecular weight is 342 g/mol. The van der Waals surface area contributed by atoms with Gasteiger partial charge in [-0.1, -0.05) is 11.6 Å². The predicted molar refractivity (Wildman–Crippen MR) is 86.9 cm³/mol. The number of hydrogen-bond acceptors (Lipinski definition) is 5. The van der Waals surface area contributed by atoms with Crippen LogP contribution >= 0.6 is 11.6 Å². The van der Waals surface area contributed by atoms with Crippen LogP contribution in [-0.2, 0) is 6.54 Å². The van der Waals surface area contributed by atoms with E-state index in [9.17, 15) is 4.79 Å². The molecular formula is C15H12ClN7O. The van der Waals surface area contributed by atoms with Crippen molar-refractivity contribution < 1.29 is 4.79 Å². The molecule has 0 aliphatic carbocycles. The molecule has 4 rings (SSSR count). The molecule has 0 fully saturated rings. The van der Waals surface area contributed by atoms with E-state index in [1.54, 1.807) is 28.9 Å². The third-order valence-electron chi connectivity index (χ3n) is 3.53. The first-order valence-electron chi connectivity index (χ1n) is 7.20. The van der Waals surface area contributed by atoms with Crippen LogP contribution in [0.3, 0.4) is 0 Å². The van der Waals surface area contributed by atoms with Crippen LogP contribution in [-0.4, -0.2) is 34.9 Å². The first kappa shape index (κ1) is 14.6. The van der Waals surface area contributed by atoms with E-state index < -0.39 is 0 Å². The van der Waals surface area contributed by atoms with E-state index in [-0.39, 0.29) is 18.3 Å². The maximum Gasteiger partial charge on any atom is 0.291 e. The molecular weight excluding hydrogens is 330 g/mol. The molecule has 0 bridgehead atoms. The minimum atomic E-state index is -0.380. The van der Waals surface area contributed by atoms with Gasteiger partial charge in [-0.15, -0.1) is 5.10 Å². The fourth-order valence-electron chi connectivity index (χ4n) is 2.35. The van der Waals surface area contributed by atoms with E-state index >= 15 is 0 Å². The molecule has 0 aliphatic heterocycles. The van der Waals surface area contributed by atoms with Gasteiger partial charge in [0.15, 0.2) is 0 Å². The van der Waals surface area contributed by atoms with Gasteiger partial charge in [0.2, 0.25) is 5.82 Å². The topological polar surface area (TPSA) is 89.5 Å². The second-order valence-electron chi connectivity index (χ2n) is 5.26. The Morgan fingerprint density at radius 2 is 2.12 bits per heavy atom. The summed E-state index contributed by atoms with van der Waals surface area (Å²) in [5.74, 6) is 0.0844. The zero-order chi connectivity index (χ0) is 16.7. The van der Waals surface area contributed by atoms with Crippen LogP contribution in [0.1, 0.15) is 22.0 Å². The second-order valence-corrected chi connectivity index (χ2v) is 5.70. The van der Waals surface area contributed by atoms with Gasteiger partial charge in [-0.25, -0.2) is 14.5 Å². The number of aryl methyl sites for hydroxylation is 1. The van der Waals surface area contributed by atoms with Crippen LogP contribution in [0, 0.1) is 6.92 Å². The summed E-state index contributed by atoms with van der Waals surface area (Å²) in [6.07, 6.45) is 5.19. The molecule has 0 spiro atoms. The van der Waals surface area contributed by atoms with E-state index in [4.69, 9.17) is 11.6 Å². The Morgan fingerprint density at radius 3 is 2.96 bits per heavy atom. The van der Waals surface area contributed by atoms with Gasteiger partial charge in [0.1, 0.15) is 5.65 Å². The van der Waals surface area contributed by atoms with E-state index in [0.717, 1.165) is 11.3 Å². The van der Waals surface area contributed by atoms with Crippen molar-refractivity contribution in [1.29, 1.82) is 0 Å². The van der Waals surface area contributed by atoms with Gasteiger partial charge in [-0.3, -0.25) is 4.79 Å². The fraction of sp³-hybridized carbons (Fsp3) is 0.133. The van der Waals surface area contributed by atoms with Gasteiger partial charge < -0.3 is 9.72 Å². The summed E-state index contributed by atoms with van der Waals surface area (Å²) < 4.78 is 3.34. The van der Waals surface area contributed by atoms with E-state index in [0.29, 0.717) is 16.5 Å². The number of pyridine rings is 1. The third kappa shape index (κ3) is 2.56. The van der Waals surface area contributed by atoms with Gasteiger partial charge in [0, 0.05) is 24.3 Å². The molecule has 0 atom stereocenters. The van der Waals surface area contributed by atoms with Crippen molar-refractivity contribution >= 4 is 28.9 Å². The van der Waals surface area contributed by atoms with Crippen molar-refractivity contribution in [3.05, 3.63) is 59.0 Å². The fourth-order valence-corrected chi connectivity index (χ4v) is 2.52. The van der Waals surface area contributed by atoms with Crippen LogP contribution in [0.25, 0.3) is 11.4 Å². The lowest BCUT2D eigenvalue weighted by molar-refractivity contribution is 0.0940. The van der Waals surface area contributed by atoms with Crippen molar-refractivity contribution in [2.24, 2.45) is 0 Å². The Kier molecular flexibility index (Phi) is 3.39.